The number of anilines is 1. The standard InChI is InChI=1S/C10H14BrFN2O2S/c1-10(2,3)14-17(15,16)13-9-6-7(12)4-5-8(9)11/h4-6,13-14H,1-3H3. The first kappa shape index (κ1) is 14.4. The summed E-state index contributed by atoms with van der Waals surface area (Å²) in [6.45, 7) is 5.15. The van der Waals surface area contributed by atoms with Crippen LogP contribution >= 0.6 is 15.9 Å². The van der Waals surface area contributed by atoms with E-state index in [-0.39, 0.29) is 5.69 Å². The summed E-state index contributed by atoms with van der Waals surface area (Å²) in [7, 11) is -3.73. The minimum Gasteiger partial charge on any atom is -0.270 e. The van der Waals surface area contributed by atoms with Crippen molar-refractivity contribution in [2.45, 2.75) is 26.3 Å². The first-order chi connectivity index (χ1) is 7.59. The summed E-state index contributed by atoms with van der Waals surface area (Å²) < 4.78 is 41.5. The van der Waals surface area contributed by atoms with Crippen molar-refractivity contribution in [3.63, 3.8) is 0 Å². The van der Waals surface area contributed by atoms with Gasteiger partial charge in [0.1, 0.15) is 5.82 Å². The molecule has 0 unspecified atom stereocenters. The fraction of sp³-hybridized carbons (Fsp3) is 0.400. The van der Waals surface area contributed by atoms with Gasteiger partial charge in [-0.2, -0.15) is 13.1 Å². The Kier molecular flexibility index (Phi) is 4.16. The highest BCUT2D eigenvalue weighted by molar-refractivity contribution is 9.10. The molecule has 0 radical (unpaired) electrons. The van der Waals surface area contributed by atoms with Gasteiger partial charge in [0.15, 0.2) is 0 Å². The molecule has 0 atom stereocenters. The Bertz CT molecular complexity index is 512. The van der Waals surface area contributed by atoms with E-state index in [2.05, 4.69) is 25.4 Å². The quantitative estimate of drug-likeness (QED) is 0.898. The van der Waals surface area contributed by atoms with Gasteiger partial charge < -0.3 is 0 Å². The van der Waals surface area contributed by atoms with Crippen LogP contribution < -0.4 is 9.44 Å². The summed E-state index contributed by atoms with van der Waals surface area (Å²) in [5, 5.41) is 0. The molecule has 1 rings (SSSR count). The summed E-state index contributed by atoms with van der Waals surface area (Å²) in [6, 6.07) is 3.77. The molecular formula is C10H14BrFN2O2S. The summed E-state index contributed by atoms with van der Waals surface area (Å²) in [6.07, 6.45) is 0. The fourth-order valence-electron chi connectivity index (χ4n) is 1.15. The molecular weight excluding hydrogens is 311 g/mol. The van der Waals surface area contributed by atoms with Crippen molar-refractivity contribution >= 4 is 31.8 Å². The lowest BCUT2D eigenvalue weighted by atomic mass is 10.1. The Labute approximate surface area is 109 Å². The predicted octanol–water partition coefficient (Wildman–Crippen LogP) is 2.63. The summed E-state index contributed by atoms with van der Waals surface area (Å²) in [5.41, 5.74) is -0.451. The number of halogens is 2. The van der Waals surface area contributed by atoms with Gasteiger partial charge in [0.05, 0.1) is 5.69 Å². The molecule has 1 aromatic rings. The Morgan fingerprint density at radius 2 is 1.88 bits per heavy atom. The average molecular weight is 325 g/mol. The lowest BCUT2D eigenvalue weighted by molar-refractivity contribution is 0.494. The zero-order valence-corrected chi connectivity index (χ0v) is 12.1. The fourth-order valence-corrected chi connectivity index (χ4v) is 2.94. The lowest BCUT2D eigenvalue weighted by Crippen LogP contribution is -2.43. The van der Waals surface area contributed by atoms with Crippen LogP contribution in [0.5, 0.6) is 0 Å². The van der Waals surface area contributed by atoms with E-state index in [4.69, 9.17) is 0 Å². The van der Waals surface area contributed by atoms with Gasteiger partial charge in [0.2, 0.25) is 0 Å². The van der Waals surface area contributed by atoms with E-state index in [9.17, 15) is 12.8 Å². The molecule has 0 aliphatic rings. The van der Waals surface area contributed by atoms with Crippen LogP contribution in [0.25, 0.3) is 0 Å². The molecule has 0 saturated carbocycles. The highest BCUT2D eigenvalue weighted by atomic mass is 79.9. The first-order valence-corrected chi connectivity index (χ1v) is 7.13. The van der Waals surface area contributed by atoms with Gasteiger partial charge in [-0.3, -0.25) is 4.72 Å². The van der Waals surface area contributed by atoms with Crippen molar-refractivity contribution in [2.24, 2.45) is 0 Å². The van der Waals surface area contributed by atoms with Crippen LogP contribution in [-0.2, 0) is 10.2 Å². The van der Waals surface area contributed by atoms with Crippen molar-refractivity contribution in [3.8, 4) is 0 Å². The molecule has 0 fully saturated rings. The van der Waals surface area contributed by atoms with Crippen LogP contribution in [0.15, 0.2) is 22.7 Å². The SMILES string of the molecule is CC(C)(C)NS(=O)(=O)Nc1cc(F)ccc1Br. The number of benzene rings is 1. The molecule has 4 nitrogen and oxygen atoms in total. The maximum atomic E-state index is 13.0. The third-order valence-corrected chi connectivity index (χ3v) is 3.67. The minimum absolute atomic E-state index is 0.154. The second kappa shape index (κ2) is 4.91. The molecule has 0 spiro atoms. The zero-order chi connectivity index (χ0) is 13.3. The molecule has 0 amide bonds. The van der Waals surface area contributed by atoms with Gasteiger partial charge in [-0.15, -0.1) is 0 Å². The third-order valence-electron chi connectivity index (χ3n) is 1.61. The molecule has 1 aromatic carbocycles. The number of hydrogen-bond donors (Lipinski definition) is 2. The molecule has 0 aliphatic carbocycles. The van der Waals surface area contributed by atoms with E-state index in [1.807, 2.05) is 0 Å². The van der Waals surface area contributed by atoms with Crippen LogP contribution in [0.2, 0.25) is 0 Å². The molecule has 0 aromatic heterocycles. The Hall–Kier alpha value is -0.660. The van der Waals surface area contributed by atoms with E-state index in [0.717, 1.165) is 6.07 Å². The van der Waals surface area contributed by atoms with Gasteiger partial charge in [-0.05, 0) is 54.9 Å². The van der Waals surface area contributed by atoms with Crippen molar-refractivity contribution in [3.05, 3.63) is 28.5 Å². The smallest absolute Gasteiger partial charge is 0.270 e. The summed E-state index contributed by atoms with van der Waals surface area (Å²) in [4.78, 5) is 0. The minimum atomic E-state index is -3.73. The number of rotatable bonds is 3. The van der Waals surface area contributed by atoms with E-state index < -0.39 is 21.6 Å². The molecule has 96 valence electrons. The zero-order valence-electron chi connectivity index (χ0n) is 9.71. The first-order valence-electron chi connectivity index (χ1n) is 4.86. The number of hydrogen-bond acceptors (Lipinski definition) is 2. The van der Waals surface area contributed by atoms with Gasteiger partial charge in [-0.1, -0.05) is 0 Å². The van der Waals surface area contributed by atoms with Gasteiger partial charge >= 0.3 is 0 Å². The van der Waals surface area contributed by atoms with Crippen LogP contribution in [0, 0.1) is 5.82 Å². The van der Waals surface area contributed by atoms with Crippen LogP contribution in [0.1, 0.15) is 20.8 Å². The molecule has 7 heteroatoms. The Balaban J connectivity index is 2.94. The van der Waals surface area contributed by atoms with E-state index >= 15 is 0 Å². The van der Waals surface area contributed by atoms with Crippen molar-refractivity contribution < 1.29 is 12.8 Å². The highest BCUT2D eigenvalue weighted by Gasteiger charge is 2.20. The van der Waals surface area contributed by atoms with Gasteiger partial charge in [0, 0.05) is 10.0 Å². The van der Waals surface area contributed by atoms with Crippen molar-refractivity contribution in [1.29, 1.82) is 0 Å². The average Bonchev–Trinajstić information content (AvgIpc) is 2.06. The maximum absolute atomic E-state index is 13.0. The van der Waals surface area contributed by atoms with Crippen molar-refractivity contribution in [1.82, 2.24) is 4.72 Å². The van der Waals surface area contributed by atoms with Crippen LogP contribution in [0.3, 0.4) is 0 Å². The molecule has 0 heterocycles. The maximum Gasteiger partial charge on any atom is 0.299 e. The summed E-state index contributed by atoms with van der Waals surface area (Å²) in [5.74, 6) is -0.512. The Morgan fingerprint density at radius 3 is 2.41 bits per heavy atom. The van der Waals surface area contributed by atoms with E-state index in [1.165, 1.54) is 12.1 Å². The van der Waals surface area contributed by atoms with Gasteiger partial charge in [-0.25, -0.2) is 4.39 Å². The molecule has 17 heavy (non-hydrogen) atoms. The Morgan fingerprint density at radius 1 is 1.29 bits per heavy atom. The summed E-state index contributed by atoms with van der Waals surface area (Å²) >= 11 is 3.14. The van der Waals surface area contributed by atoms with Gasteiger partial charge in [0.25, 0.3) is 10.2 Å². The normalized spacial score (nSPS) is 12.5. The van der Waals surface area contributed by atoms with Crippen molar-refractivity contribution in [2.75, 3.05) is 4.72 Å². The van der Waals surface area contributed by atoms with Crippen LogP contribution in [-0.4, -0.2) is 14.0 Å². The monoisotopic (exact) mass is 324 g/mol. The van der Waals surface area contributed by atoms with Crippen LogP contribution in [0.4, 0.5) is 10.1 Å². The number of nitrogens with one attached hydrogen (secondary N) is 2. The second-order valence-corrected chi connectivity index (χ2v) is 6.85. The largest absolute Gasteiger partial charge is 0.299 e. The second-order valence-electron chi connectivity index (χ2n) is 4.58. The predicted molar refractivity (Wildman–Crippen MR) is 69.5 cm³/mol. The van der Waals surface area contributed by atoms with E-state index in [1.54, 1.807) is 20.8 Å². The molecule has 0 saturated heterocycles. The molecule has 0 aliphatic heterocycles. The molecule has 0 bridgehead atoms. The highest BCUT2D eigenvalue weighted by Crippen LogP contribution is 2.24. The lowest BCUT2D eigenvalue weighted by Gasteiger charge is -2.21. The topological polar surface area (TPSA) is 58.2 Å². The third kappa shape index (κ3) is 5.01. The van der Waals surface area contributed by atoms with E-state index in [0.29, 0.717) is 4.47 Å². The molecule has 2 N–H and O–H groups in total.